The molecule has 1 saturated heterocycles. The quantitative estimate of drug-likeness (QED) is 0.544. The highest BCUT2D eigenvalue weighted by molar-refractivity contribution is 5.07. The van der Waals surface area contributed by atoms with Crippen LogP contribution in [0.2, 0.25) is 0 Å². The molecule has 1 aliphatic heterocycles. The van der Waals surface area contributed by atoms with Crippen molar-refractivity contribution in [2.24, 2.45) is 11.8 Å². The van der Waals surface area contributed by atoms with Gasteiger partial charge in [0.2, 0.25) is 0 Å². The van der Waals surface area contributed by atoms with Crippen LogP contribution in [0.3, 0.4) is 0 Å². The van der Waals surface area contributed by atoms with Crippen molar-refractivity contribution in [1.82, 2.24) is 5.32 Å². The summed E-state index contributed by atoms with van der Waals surface area (Å²) in [6.07, 6.45) is 1.87. The van der Waals surface area contributed by atoms with Crippen molar-refractivity contribution in [3.63, 3.8) is 0 Å². The maximum atomic E-state index is 8.63. The van der Waals surface area contributed by atoms with Crippen molar-refractivity contribution in [3.8, 4) is 6.07 Å². The minimum absolute atomic E-state index is 0.00694. The standard InChI is InChI=1S/C8H12N2/c1-3-7-6(2)5-10-8(7)4-9/h3,6-8,10H,1,5H2,2H3. The van der Waals surface area contributed by atoms with E-state index >= 15 is 0 Å². The van der Waals surface area contributed by atoms with Crippen molar-refractivity contribution in [1.29, 1.82) is 5.26 Å². The maximum absolute atomic E-state index is 8.63. The second-order valence-corrected chi connectivity index (χ2v) is 2.81. The predicted molar refractivity (Wildman–Crippen MR) is 40.3 cm³/mol. The molecule has 3 atom stereocenters. The molecule has 1 fully saturated rings. The number of nitriles is 1. The van der Waals surface area contributed by atoms with Gasteiger partial charge >= 0.3 is 0 Å². The fourth-order valence-corrected chi connectivity index (χ4v) is 1.41. The second kappa shape index (κ2) is 2.85. The molecular formula is C8H12N2. The molecule has 0 spiro atoms. The van der Waals surface area contributed by atoms with Crippen LogP contribution in [0, 0.1) is 23.2 Å². The molecule has 10 heavy (non-hydrogen) atoms. The second-order valence-electron chi connectivity index (χ2n) is 2.81. The van der Waals surface area contributed by atoms with Crippen molar-refractivity contribution in [2.45, 2.75) is 13.0 Å². The zero-order chi connectivity index (χ0) is 7.56. The lowest BCUT2D eigenvalue weighted by atomic mass is 9.93. The van der Waals surface area contributed by atoms with Crippen LogP contribution in [0.25, 0.3) is 0 Å². The summed E-state index contributed by atoms with van der Waals surface area (Å²) < 4.78 is 0. The van der Waals surface area contributed by atoms with Gasteiger partial charge in [0.1, 0.15) is 6.04 Å². The van der Waals surface area contributed by atoms with Crippen molar-refractivity contribution in [3.05, 3.63) is 12.7 Å². The molecule has 0 aliphatic carbocycles. The molecule has 0 bridgehead atoms. The molecule has 3 unspecified atom stereocenters. The molecule has 1 N–H and O–H groups in total. The van der Waals surface area contributed by atoms with Crippen LogP contribution in [0.1, 0.15) is 6.92 Å². The molecule has 2 nitrogen and oxygen atoms in total. The molecule has 2 heteroatoms. The molecule has 1 heterocycles. The Kier molecular flexibility index (Phi) is 2.08. The van der Waals surface area contributed by atoms with Gasteiger partial charge in [-0.1, -0.05) is 13.0 Å². The molecule has 1 aliphatic rings. The molecule has 1 rings (SSSR count). The molecule has 0 aromatic carbocycles. The van der Waals surface area contributed by atoms with Gasteiger partial charge in [-0.3, -0.25) is 0 Å². The highest BCUT2D eigenvalue weighted by atomic mass is 15.0. The van der Waals surface area contributed by atoms with Gasteiger partial charge in [0.15, 0.2) is 0 Å². The average Bonchev–Trinajstić information content (AvgIpc) is 2.30. The van der Waals surface area contributed by atoms with Gasteiger partial charge in [0.05, 0.1) is 6.07 Å². The summed E-state index contributed by atoms with van der Waals surface area (Å²) >= 11 is 0. The molecule has 0 amide bonds. The molecule has 0 radical (unpaired) electrons. The van der Waals surface area contributed by atoms with E-state index in [9.17, 15) is 0 Å². The van der Waals surface area contributed by atoms with Crippen LogP contribution in [-0.2, 0) is 0 Å². The van der Waals surface area contributed by atoms with Crippen molar-refractivity contribution in [2.75, 3.05) is 6.54 Å². The number of hydrogen-bond acceptors (Lipinski definition) is 2. The lowest BCUT2D eigenvalue weighted by Gasteiger charge is -2.10. The van der Waals surface area contributed by atoms with Gasteiger partial charge in [-0.2, -0.15) is 5.26 Å². The maximum Gasteiger partial charge on any atom is 0.102 e. The summed E-state index contributed by atoms with van der Waals surface area (Å²) in [5, 5.41) is 11.7. The van der Waals surface area contributed by atoms with Crippen LogP contribution in [0.5, 0.6) is 0 Å². The van der Waals surface area contributed by atoms with Crippen LogP contribution < -0.4 is 5.32 Å². The number of nitrogens with one attached hydrogen (secondary N) is 1. The van der Waals surface area contributed by atoms with E-state index in [-0.39, 0.29) is 6.04 Å². The van der Waals surface area contributed by atoms with Crippen LogP contribution in [0.15, 0.2) is 12.7 Å². The predicted octanol–water partition coefficient (Wildman–Crippen LogP) is 0.920. The first-order chi connectivity index (χ1) is 4.79. The highest BCUT2D eigenvalue weighted by Gasteiger charge is 2.30. The van der Waals surface area contributed by atoms with Crippen LogP contribution >= 0.6 is 0 Å². The normalized spacial score (nSPS) is 39.0. The van der Waals surface area contributed by atoms with Crippen LogP contribution in [0.4, 0.5) is 0 Å². The number of nitrogens with zero attached hydrogens (tertiary/aromatic N) is 1. The smallest absolute Gasteiger partial charge is 0.102 e. The van der Waals surface area contributed by atoms with E-state index in [2.05, 4.69) is 24.9 Å². The van der Waals surface area contributed by atoms with Gasteiger partial charge in [-0.05, 0) is 12.5 Å². The van der Waals surface area contributed by atoms with E-state index in [1.807, 2.05) is 6.08 Å². The third-order valence-electron chi connectivity index (χ3n) is 2.11. The monoisotopic (exact) mass is 136 g/mol. The van der Waals surface area contributed by atoms with Gasteiger partial charge in [0, 0.05) is 5.92 Å². The number of hydrogen-bond donors (Lipinski definition) is 1. The first-order valence-electron chi connectivity index (χ1n) is 3.55. The molecular weight excluding hydrogens is 124 g/mol. The lowest BCUT2D eigenvalue weighted by molar-refractivity contribution is 0.514. The Hall–Kier alpha value is -0.810. The first-order valence-corrected chi connectivity index (χ1v) is 3.55. The summed E-state index contributed by atoms with van der Waals surface area (Å²) in [5.41, 5.74) is 0. The first kappa shape index (κ1) is 7.30. The van der Waals surface area contributed by atoms with Crippen molar-refractivity contribution >= 4 is 0 Å². The Morgan fingerprint density at radius 1 is 1.80 bits per heavy atom. The van der Waals surface area contributed by atoms with Crippen molar-refractivity contribution < 1.29 is 0 Å². The molecule has 0 saturated carbocycles. The number of rotatable bonds is 1. The topological polar surface area (TPSA) is 35.8 Å². The summed E-state index contributed by atoms with van der Waals surface area (Å²) in [5.74, 6) is 0.896. The Morgan fingerprint density at radius 2 is 2.50 bits per heavy atom. The zero-order valence-electron chi connectivity index (χ0n) is 6.17. The van der Waals surface area contributed by atoms with E-state index in [1.165, 1.54) is 0 Å². The third kappa shape index (κ3) is 1.05. The third-order valence-corrected chi connectivity index (χ3v) is 2.11. The largest absolute Gasteiger partial charge is 0.301 e. The molecule has 0 aromatic heterocycles. The Bertz CT molecular complexity index is 169. The SMILES string of the molecule is C=CC1C(C)CNC1C#N. The molecule has 54 valence electrons. The highest BCUT2D eigenvalue weighted by Crippen LogP contribution is 2.21. The van der Waals surface area contributed by atoms with Gasteiger partial charge in [-0.15, -0.1) is 6.58 Å². The van der Waals surface area contributed by atoms with Gasteiger partial charge in [0.25, 0.3) is 0 Å². The minimum Gasteiger partial charge on any atom is -0.301 e. The summed E-state index contributed by atoms with van der Waals surface area (Å²) in [4.78, 5) is 0. The van der Waals surface area contributed by atoms with Crippen LogP contribution in [-0.4, -0.2) is 12.6 Å². The van der Waals surface area contributed by atoms with E-state index in [4.69, 9.17) is 5.26 Å². The lowest BCUT2D eigenvalue weighted by Crippen LogP contribution is -2.23. The van der Waals surface area contributed by atoms with E-state index in [0.717, 1.165) is 6.54 Å². The van der Waals surface area contributed by atoms with Gasteiger partial charge < -0.3 is 5.32 Å². The average molecular weight is 136 g/mol. The Morgan fingerprint density at radius 3 is 2.90 bits per heavy atom. The Balaban J connectivity index is 2.64. The van der Waals surface area contributed by atoms with E-state index in [0.29, 0.717) is 11.8 Å². The summed E-state index contributed by atoms with van der Waals surface area (Å²) in [6.45, 7) is 6.78. The van der Waals surface area contributed by atoms with Gasteiger partial charge in [-0.25, -0.2) is 0 Å². The van der Waals surface area contributed by atoms with E-state index in [1.54, 1.807) is 0 Å². The zero-order valence-corrected chi connectivity index (χ0v) is 6.17. The minimum atomic E-state index is -0.00694. The fraction of sp³-hybridized carbons (Fsp3) is 0.625. The fourth-order valence-electron chi connectivity index (χ4n) is 1.41. The molecule has 0 aromatic rings. The summed E-state index contributed by atoms with van der Waals surface area (Å²) in [6, 6.07) is 2.21. The summed E-state index contributed by atoms with van der Waals surface area (Å²) in [7, 11) is 0. The van der Waals surface area contributed by atoms with E-state index < -0.39 is 0 Å². The Labute approximate surface area is 61.5 Å².